The fourth-order valence-corrected chi connectivity index (χ4v) is 1.93. The fraction of sp³-hybridized carbons (Fsp3) is 0.429. The Morgan fingerprint density at radius 2 is 2.17 bits per heavy atom. The lowest BCUT2D eigenvalue weighted by atomic mass is 10.2. The molecule has 0 aliphatic rings. The molecule has 2 N–H and O–H groups in total. The van der Waals surface area contributed by atoms with Crippen LogP contribution in [-0.4, -0.2) is 34.1 Å². The Labute approximate surface area is 106 Å². The van der Waals surface area contributed by atoms with E-state index in [0.29, 0.717) is 6.54 Å². The smallest absolute Gasteiger partial charge is 0.120 e. The number of hydrogen-bond acceptors (Lipinski definition) is 3. The van der Waals surface area contributed by atoms with Gasteiger partial charge in [-0.05, 0) is 30.7 Å². The van der Waals surface area contributed by atoms with E-state index in [2.05, 4.69) is 6.92 Å². The normalized spacial score (nSPS) is 12.8. The minimum Gasteiger partial charge on any atom is -0.494 e. The number of aliphatic hydroxyl groups is 2. The number of aromatic nitrogens is 1. The van der Waals surface area contributed by atoms with Gasteiger partial charge in [0.1, 0.15) is 5.75 Å². The zero-order chi connectivity index (χ0) is 13.0. The number of nitrogens with zero attached hydrogens (tertiary/aromatic N) is 1. The second-order valence-corrected chi connectivity index (χ2v) is 4.37. The predicted molar refractivity (Wildman–Crippen MR) is 70.8 cm³/mol. The number of rotatable bonds is 6. The molecule has 18 heavy (non-hydrogen) atoms. The van der Waals surface area contributed by atoms with Gasteiger partial charge >= 0.3 is 0 Å². The lowest BCUT2D eigenvalue weighted by Crippen LogP contribution is -2.19. The zero-order valence-corrected chi connectivity index (χ0v) is 10.5. The van der Waals surface area contributed by atoms with E-state index >= 15 is 0 Å². The molecule has 0 amide bonds. The number of ether oxygens (including phenoxy) is 1. The molecule has 1 atom stereocenters. The molecule has 4 nitrogen and oxygen atoms in total. The summed E-state index contributed by atoms with van der Waals surface area (Å²) in [5.74, 6) is 0.866. The van der Waals surface area contributed by atoms with Crippen molar-refractivity contribution in [3.63, 3.8) is 0 Å². The SMILES string of the molecule is CCCOc1ccc2c(ccn2CC(O)CO)c1. The summed E-state index contributed by atoms with van der Waals surface area (Å²) in [5.41, 5.74) is 1.03. The van der Waals surface area contributed by atoms with Crippen molar-refractivity contribution < 1.29 is 14.9 Å². The molecule has 0 radical (unpaired) electrons. The van der Waals surface area contributed by atoms with Crippen LogP contribution < -0.4 is 4.74 Å². The highest BCUT2D eigenvalue weighted by Crippen LogP contribution is 2.22. The molecule has 2 aromatic rings. The molecule has 1 unspecified atom stereocenters. The van der Waals surface area contributed by atoms with Crippen molar-refractivity contribution in [3.8, 4) is 5.75 Å². The first-order valence-corrected chi connectivity index (χ1v) is 6.25. The minimum atomic E-state index is -0.725. The quantitative estimate of drug-likeness (QED) is 0.820. The molecule has 1 heterocycles. The molecule has 1 aromatic heterocycles. The molecule has 0 saturated carbocycles. The van der Waals surface area contributed by atoms with Crippen LogP contribution in [0, 0.1) is 0 Å². The van der Waals surface area contributed by atoms with Crippen molar-refractivity contribution in [3.05, 3.63) is 30.5 Å². The molecule has 0 aliphatic carbocycles. The first-order valence-electron chi connectivity index (χ1n) is 6.25. The summed E-state index contributed by atoms with van der Waals surface area (Å²) in [4.78, 5) is 0. The molecule has 1 aromatic carbocycles. The first-order chi connectivity index (χ1) is 8.74. The fourth-order valence-electron chi connectivity index (χ4n) is 1.93. The molecule has 98 valence electrons. The number of aliphatic hydroxyl groups excluding tert-OH is 2. The first kappa shape index (κ1) is 12.9. The van der Waals surface area contributed by atoms with Gasteiger partial charge in [0.2, 0.25) is 0 Å². The largest absolute Gasteiger partial charge is 0.494 e. The molecule has 2 rings (SSSR count). The molecule has 0 spiro atoms. The number of hydrogen-bond donors (Lipinski definition) is 2. The lowest BCUT2D eigenvalue weighted by Gasteiger charge is -2.10. The van der Waals surface area contributed by atoms with Gasteiger partial charge in [-0.15, -0.1) is 0 Å². The number of benzene rings is 1. The number of fused-ring (bicyclic) bond motifs is 1. The molecule has 0 bridgehead atoms. The van der Waals surface area contributed by atoms with Gasteiger partial charge < -0.3 is 19.5 Å². The summed E-state index contributed by atoms with van der Waals surface area (Å²) in [6.45, 7) is 2.97. The van der Waals surface area contributed by atoms with Crippen LogP contribution in [0.25, 0.3) is 10.9 Å². The Morgan fingerprint density at radius 3 is 2.89 bits per heavy atom. The standard InChI is InChI=1S/C14H19NO3/c1-2-7-18-13-3-4-14-11(8-13)5-6-15(14)9-12(17)10-16/h3-6,8,12,16-17H,2,7,9-10H2,1H3. The average Bonchev–Trinajstić information content (AvgIpc) is 2.78. The highest BCUT2D eigenvalue weighted by Gasteiger charge is 2.07. The van der Waals surface area contributed by atoms with Crippen LogP contribution in [0.2, 0.25) is 0 Å². The van der Waals surface area contributed by atoms with E-state index in [1.54, 1.807) is 0 Å². The third-order valence-electron chi connectivity index (χ3n) is 2.83. The Bertz CT molecular complexity index is 507. The highest BCUT2D eigenvalue weighted by atomic mass is 16.5. The Kier molecular flexibility index (Phi) is 4.23. The maximum atomic E-state index is 9.46. The second-order valence-electron chi connectivity index (χ2n) is 4.37. The van der Waals surface area contributed by atoms with Crippen molar-refractivity contribution in [2.75, 3.05) is 13.2 Å². The summed E-state index contributed by atoms with van der Waals surface area (Å²) in [7, 11) is 0. The van der Waals surface area contributed by atoms with Crippen molar-refractivity contribution in [2.24, 2.45) is 0 Å². The van der Waals surface area contributed by atoms with Crippen LogP contribution in [-0.2, 0) is 6.54 Å². The monoisotopic (exact) mass is 249 g/mol. The lowest BCUT2D eigenvalue weighted by molar-refractivity contribution is 0.0822. The molecule has 0 fully saturated rings. The van der Waals surface area contributed by atoms with Gasteiger partial charge in [-0.3, -0.25) is 0 Å². The predicted octanol–water partition coefficient (Wildman–Crippen LogP) is 1.78. The van der Waals surface area contributed by atoms with Gasteiger partial charge in [0.25, 0.3) is 0 Å². The van der Waals surface area contributed by atoms with Crippen LogP contribution in [0.15, 0.2) is 30.5 Å². The van der Waals surface area contributed by atoms with Gasteiger partial charge in [-0.2, -0.15) is 0 Å². The van der Waals surface area contributed by atoms with E-state index in [0.717, 1.165) is 29.7 Å². The van der Waals surface area contributed by atoms with Gasteiger partial charge in [0.05, 0.1) is 25.9 Å². The molecular formula is C14H19NO3. The Balaban J connectivity index is 2.20. The van der Waals surface area contributed by atoms with Gasteiger partial charge in [0.15, 0.2) is 0 Å². The topological polar surface area (TPSA) is 54.6 Å². The van der Waals surface area contributed by atoms with Crippen molar-refractivity contribution in [1.82, 2.24) is 4.57 Å². The van der Waals surface area contributed by atoms with Crippen molar-refractivity contribution in [1.29, 1.82) is 0 Å². The van der Waals surface area contributed by atoms with Gasteiger partial charge in [-0.1, -0.05) is 6.92 Å². The molecule has 0 saturated heterocycles. The minimum absolute atomic E-state index is 0.225. The maximum absolute atomic E-state index is 9.46. The van der Waals surface area contributed by atoms with E-state index in [1.165, 1.54) is 0 Å². The van der Waals surface area contributed by atoms with Crippen LogP contribution in [0.4, 0.5) is 0 Å². The van der Waals surface area contributed by atoms with Crippen LogP contribution in [0.3, 0.4) is 0 Å². The third-order valence-corrected chi connectivity index (χ3v) is 2.83. The maximum Gasteiger partial charge on any atom is 0.120 e. The Morgan fingerprint density at radius 1 is 1.33 bits per heavy atom. The van der Waals surface area contributed by atoms with E-state index in [9.17, 15) is 5.11 Å². The van der Waals surface area contributed by atoms with Crippen LogP contribution in [0.5, 0.6) is 5.75 Å². The zero-order valence-electron chi connectivity index (χ0n) is 10.5. The molecular weight excluding hydrogens is 230 g/mol. The van der Waals surface area contributed by atoms with E-state index in [-0.39, 0.29) is 6.61 Å². The highest BCUT2D eigenvalue weighted by molar-refractivity contribution is 5.81. The van der Waals surface area contributed by atoms with E-state index < -0.39 is 6.10 Å². The summed E-state index contributed by atoms with van der Waals surface area (Å²) in [6, 6.07) is 7.88. The Hall–Kier alpha value is -1.52. The third kappa shape index (κ3) is 2.83. The second kappa shape index (κ2) is 5.89. The summed E-state index contributed by atoms with van der Waals surface area (Å²) >= 11 is 0. The van der Waals surface area contributed by atoms with Gasteiger partial charge in [0, 0.05) is 17.1 Å². The molecule has 4 heteroatoms. The average molecular weight is 249 g/mol. The van der Waals surface area contributed by atoms with Crippen molar-refractivity contribution in [2.45, 2.75) is 26.0 Å². The summed E-state index contributed by atoms with van der Waals surface area (Å²) in [5, 5.41) is 19.4. The molecule has 0 aliphatic heterocycles. The van der Waals surface area contributed by atoms with Crippen LogP contribution in [0.1, 0.15) is 13.3 Å². The van der Waals surface area contributed by atoms with Crippen molar-refractivity contribution >= 4 is 10.9 Å². The van der Waals surface area contributed by atoms with Gasteiger partial charge in [-0.25, -0.2) is 0 Å². The summed E-state index contributed by atoms with van der Waals surface area (Å²) < 4.78 is 7.51. The van der Waals surface area contributed by atoms with E-state index in [4.69, 9.17) is 9.84 Å². The van der Waals surface area contributed by atoms with E-state index in [1.807, 2.05) is 35.0 Å². The summed E-state index contributed by atoms with van der Waals surface area (Å²) in [6.07, 6.45) is 2.17. The van der Waals surface area contributed by atoms with Crippen LogP contribution >= 0.6 is 0 Å².